The predicted octanol–water partition coefficient (Wildman–Crippen LogP) is 5.76. The number of hydrogen-bond acceptors (Lipinski definition) is 6. The molecule has 0 fully saturated rings. The fourth-order valence-electron chi connectivity index (χ4n) is 2.81. The first-order valence-electron chi connectivity index (χ1n) is 9.86. The van der Waals surface area contributed by atoms with E-state index < -0.39 is 10.8 Å². The van der Waals surface area contributed by atoms with Crippen molar-refractivity contribution in [1.29, 1.82) is 0 Å². The van der Waals surface area contributed by atoms with Crippen LogP contribution in [0.1, 0.15) is 16.7 Å². The lowest BCUT2D eigenvalue weighted by Gasteiger charge is -2.14. The van der Waals surface area contributed by atoms with Crippen molar-refractivity contribution in [3.8, 4) is 11.5 Å². The van der Waals surface area contributed by atoms with Gasteiger partial charge in [-0.15, -0.1) is 0 Å². The average Bonchev–Trinajstić information content (AvgIpc) is 2.83. The average molecular weight is 545 g/mol. The van der Waals surface area contributed by atoms with Gasteiger partial charge in [0.05, 0.1) is 22.7 Å². The predicted molar refractivity (Wildman–Crippen MR) is 134 cm³/mol. The van der Waals surface area contributed by atoms with Crippen molar-refractivity contribution in [1.82, 2.24) is 5.43 Å². The number of methoxy groups -OCH3 is 1. The maximum atomic E-state index is 12.0. The van der Waals surface area contributed by atoms with Crippen molar-refractivity contribution in [2.75, 3.05) is 7.11 Å². The molecule has 0 atom stereocenters. The van der Waals surface area contributed by atoms with Crippen molar-refractivity contribution >= 4 is 51.4 Å². The second kappa shape index (κ2) is 12.0. The van der Waals surface area contributed by atoms with Gasteiger partial charge < -0.3 is 9.47 Å². The van der Waals surface area contributed by atoms with Gasteiger partial charge in [-0.25, -0.2) is 5.43 Å². The van der Waals surface area contributed by atoms with Crippen LogP contribution in [0, 0.1) is 10.1 Å². The van der Waals surface area contributed by atoms with E-state index in [4.69, 9.17) is 21.1 Å². The molecule has 3 aromatic rings. The van der Waals surface area contributed by atoms with Crippen LogP contribution >= 0.6 is 27.5 Å². The number of nitrogens with zero attached hydrogens (tertiary/aromatic N) is 2. The minimum Gasteiger partial charge on any atom is -0.493 e. The normalized spacial score (nSPS) is 11.0. The van der Waals surface area contributed by atoms with Crippen LogP contribution in [0.3, 0.4) is 0 Å². The monoisotopic (exact) mass is 543 g/mol. The number of nitro groups is 1. The van der Waals surface area contributed by atoms with E-state index in [2.05, 4.69) is 26.5 Å². The van der Waals surface area contributed by atoms with Gasteiger partial charge in [0.2, 0.25) is 0 Å². The van der Waals surface area contributed by atoms with Crippen LogP contribution in [0.5, 0.6) is 11.5 Å². The molecule has 3 rings (SSSR count). The minimum atomic E-state index is -0.486. The fourth-order valence-corrected chi connectivity index (χ4v) is 3.57. The summed E-state index contributed by atoms with van der Waals surface area (Å²) < 4.78 is 12.0. The van der Waals surface area contributed by atoms with Crippen LogP contribution in [-0.2, 0) is 11.4 Å². The van der Waals surface area contributed by atoms with Gasteiger partial charge in [0.25, 0.3) is 11.6 Å². The third-order valence-corrected chi connectivity index (χ3v) is 5.46. The molecule has 8 nitrogen and oxygen atoms in total. The molecule has 0 spiro atoms. The molecule has 0 saturated carbocycles. The summed E-state index contributed by atoms with van der Waals surface area (Å²) in [5, 5.41) is 15.2. The van der Waals surface area contributed by atoms with E-state index in [9.17, 15) is 14.9 Å². The smallest absolute Gasteiger partial charge is 0.269 e. The molecule has 0 aliphatic carbocycles. The Kier molecular flexibility index (Phi) is 8.78. The van der Waals surface area contributed by atoms with E-state index in [-0.39, 0.29) is 12.3 Å². The number of benzene rings is 3. The summed E-state index contributed by atoms with van der Waals surface area (Å²) in [6.45, 7) is 0.263. The van der Waals surface area contributed by atoms with Gasteiger partial charge in [0.15, 0.2) is 11.5 Å². The van der Waals surface area contributed by atoms with E-state index in [0.717, 1.165) is 5.56 Å². The van der Waals surface area contributed by atoms with E-state index in [1.165, 1.54) is 37.6 Å². The molecule has 0 heterocycles. The third-order valence-electron chi connectivity index (χ3n) is 4.50. The number of ether oxygens (including phenoxy) is 2. The number of rotatable bonds is 9. The molecule has 3 aromatic carbocycles. The summed E-state index contributed by atoms with van der Waals surface area (Å²) in [4.78, 5) is 22.2. The maximum Gasteiger partial charge on any atom is 0.269 e. The number of carbonyl (C=O) groups is 1. The molecule has 0 aromatic heterocycles. The molecule has 1 amide bonds. The number of non-ortho nitro benzene ring substituents is 1. The van der Waals surface area contributed by atoms with Crippen molar-refractivity contribution < 1.29 is 19.2 Å². The van der Waals surface area contributed by atoms with Gasteiger partial charge in [-0.1, -0.05) is 29.8 Å². The Bertz CT molecular complexity index is 1250. The Hall–Kier alpha value is -3.69. The van der Waals surface area contributed by atoms with E-state index in [1.807, 2.05) is 18.2 Å². The first kappa shape index (κ1) is 24.9. The Morgan fingerprint density at radius 2 is 1.91 bits per heavy atom. The summed E-state index contributed by atoms with van der Waals surface area (Å²) in [6, 6.07) is 16.7. The highest BCUT2D eigenvalue weighted by atomic mass is 79.9. The SMILES string of the molecule is COc1cc(/C=N\NC(=O)/C=C/c2ccc([N+](=O)[O-])cc2)cc(Br)c1OCc1ccccc1Cl. The molecule has 0 bridgehead atoms. The Morgan fingerprint density at radius 1 is 1.18 bits per heavy atom. The van der Waals surface area contributed by atoms with Gasteiger partial charge in [0.1, 0.15) is 6.61 Å². The van der Waals surface area contributed by atoms with Crippen LogP contribution in [0.4, 0.5) is 5.69 Å². The Balaban J connectivity index is 1.61. The molecular formula is C24H19BrClN3O5. The van der Waals surface area contributed by atoms with Crippen LogP contribution < -0.4 is 14.9 Å². The highest BCUT2D eigenvalue weighted by Gasteiger charge is 2.12. The molecule has 0 unspecified atom stereocenters. The van der Waals surface area contributed by atoms with E-state index >= 15 is 0 Å². The zero-order valence-corrected chi connectivity index (χ0v) is 20.2. The molecule has 174 valence electrons. The molecule has 0 aliphatic heterocycles. The maximum absolute atomic E-state index is 12.0. The topological polar surface area (TPSA) is 103 Å². The minimum absolute atomic E-state index is 0.0203. The van der Waals surface area contributed by atoms with Gasteiger partial charge in [-0.2, -0.15) is 5.10 Å². The fraction of sp³-hybridized carbons (Fsp3) is 0.0833. The van der Waals surface area contributed by atoms with Crippen LogP contribution in [-0.4, -0.2) is 24.2 Å². The molecule has 0 saturated heterocycles. The van der Waals surface area contributed by atoms with Gasteiger partial charge in [0, 0.05) is 28.8 Å². The lowest BCUT2D eigenvalue weighted by molar-refractivity contribution is -0.384. The Morgan fingerprint density at radius 3 is 2.59 bits per heavy atom. The molecular weight excluding hydrogens is 526 g/mol. The quantitative estimate of drug-likeness (QED) is 0.160. The number of hydrazone groups is 1. The molecule has 34 heavy (non-hydrogen) atoms. The van der Waals surface area contributed by atoms with Crippen LogP contribution in [0.25, 0.3) is 6.08 Å². The van der Waals surface area contributed by atoms with Crippen molar-refractivity contribution in [3.63, 3.8) is 0 Å². The van der Waals surface area contributed by atoms with Gasteiger partial charge in [-0.05, 0) is 63.5 Å². The molecule has 10 heteroatoms. The number of nitrogens with one attached hydrogen (secondary N) is 1. The van der Waals surface area contributed by atoms with Crippen molar-refractivity contribution in [3.05, 3.63) is 103 Å². The lowest BCUT2D eigenvalue weighted by atomic mass is 10.2. The summed E-state index contributed by atoms with van der Waals surface area (Å²) >= 11 is 9.66. The Labute approximate surface area is 209 Å². The lowest BCUT2D eigenvalue weighted by Crippen LogP contribution is -2.14. The number of halogens is 2. The molecule has 1 N–H and O–H groups in total. The van der Waals surface area contributed by atoms with E-state index in [0.29, 0.717) is 32.1 Å². The second-order valence-electron chi connectivity index (χ2n) is 6.83. The molecule has 0 radical (unpaired) electrons. The number of carbonyl (C=O) groups excluding carboxylic acids is 1. The number of amides is 1. The standard InChI is InChI=1S/C24H19BrClN3O5/c1-33-22-13-17(12-20(25)24(22)34-15-18-4-2-3-5-21(18)26)14-27-28-23(30)11-8-16-6-9-19(10-7-16)29(31)32/h2-14H,15H2,1H3,(H,28,30)/b11-8+,27-14-. The summed E-state index contributed by atoms with van der Waals surface area (Å²) in [5.74, 6) is 0.530. The summed E-state index contributed by atoms with van der Waals surface area (Å²) in [5.41, 5.74) is 4.51. The number of hydrogen-bond donors (Lipinski definition) is 1. The molecule has 0 aliphatic rings. The summed E-state index contributed by atoms with van der Waals surface area (Å²) in [6.07, 6.45) is 4.27. The van der Waals surface area contributed by atoms with Crippen molar-refractivity contribution in [2.24, 2.45) is 5.10 Å². The van der Waals surface area contributed by atoms with Crippen molar-refractivity contribution in [2.45, 2.75) is 6.61 Å². The van der Waals surface area contributed by atoms with Gasteiger partial charge in [-0.3, -0.25) is 14.9 Å². The second-order valence-corrected chi connectivity index (χ2v) is 8.09. The summed E-state index contributed by atoms with van der Waals surface area (Å²) in [7, 11) is 1.52. The number of nitro benzene ring substituents is 1. The van der Waals surface area contributed by atoms with E-state index in [1.54, 1.807) is 30.3 Å². The highest BCUT2D eigenvalue weighted by molar-refractivity contribution is 9.10. The zero-order valence-electron chi connectivity index (χ0n) is 17.9. The van der Waals surface area contributed by atoms with Crippen LogP contribution in [0.15, 0.2) is 76.3 Å². The highest BCUT2D eigenvalue weighted by Crippen LogP contribution is 2.37. The zero-order chi connectivity index (χ0) is 24.5. The van der Waals surface area contributed by atoms with Crippen LogP contribution in [0.2, 0.25) is 5.02 Å². The third kappa shape index (κ3) is 6.90. The largest absolute Gasteiger partial charge is 0.493 e. The van der Waals surface area contributed by atoms with Gasteiger partial charge >= 0.3 is 0 Å². The first-order valence-corrected chi connectivity index (χ1v) is 11.0. The first-order chi connectivity index (χ1) is 16.4.